The van der Waals surface area contributed by atoms with Crippen LogP contribution in [0.2, 0.25) is 10.0 Å². The van der Waals surface area contributed by atoms with Crippen LogP contribution in [0.4, 0.5) is 5.82 Å². The molecule has 1 aromatic heterocycles. The minimum absolute atomic E-state index is 0.0628. The van der Waals surface area contributed by atoms with Crippen molar-refractivity contribution in [2.24, 2.45) is 0 Å². The summed E-state index contributed by atoms with van der Waals surface area (Å²) in [6.07, 6.45) is 2.42. The first kappa shape index (κ1) is 16.4. The van der Waals surface area contributed by atoms with E-state index < -0.39 is 0 Å². The molecule has 0 aliphatic carbocycles. The zero-order valence-electron chi connectivity index (χ0n) is 11.4. The van der Waals surface area contributed by atoms with Gasteiger partial charge in [0.05, 0.1) is 0 Å². The van der Waals surface area contributed by atoms with Crippen molar-refractivity contribution in [1.82, 2.24) is 9.97 Å². The first-order valence-corrected chi connectivity index (χ1v) is 8.31. The molecule has 0 saturated carbocycles. The van der Waals surface area contributed by atoms with E-state index in [1.165, 1.54) is 11.8 Å². The van der Waals surface area contributed by atoms with E-state index in [1.807, 2.05) is 18.4 Å². The Morgan fingerprint density at radius 2 is 2.05 bits per heavy atom. The van der Waals surface area contributed by atoms with Crippen molar-refractivity contribution in [2.45, 2.75) is 18.1 Å². The first-order chi connectivity index (χ1) is 10.1. The predicted molar refractivity (Wildman–Crippen MR) is 88.4 cm³/mol. The number of anilines is 1. The molecular weight excluding hydrogens is 329 g/mol. The molecule has 2 N–H and O–H groups in total. The van der Waals surface area contributed by atoms with Gasteiger partial charge in [-0.25, -0.2) is 9.97 Å². The fourth-order valence-corrected chi connectivity index (χ4v) is 2.62. The van der Waals surface area contributed by atoms with Crippen molar-refractivity contribution < 1.29 is 5.11 Å². The summed E-state index contributed by atoms with van der Waals surface area (Å²) in [4.78, 5) is 8.72. The fourth-order valence-electron chi connectivity index (χ4n) is 1.75. The van der Waals surface area contributed by atoms with Crippen LogP contribution >= 0.6 is 35.0 Å². The Bertz CT molecular complexity index is 625. The van der Waals surface area contributed by atoms with Crippen LogP contribution in [-0.4, -0.2) is 27.9 Å². The summed E-state index contributed by atoms with van der Waals surface area (Å²) in [5, 5.41) is 14.1. The number of hydrogen-bond acceptors (Lipinski definition) is 5. The van der Waals surface area contributed by atoms with E-state index in [0.29, 0.717) is 34.0 Å². The molecule has 7 heteroatoms. The van der Waals surface area contributed by atoms with Gasteiger partial charge < -0.3 is 10.4 Å². The second kappa shape index (κ2) is 7.84. The lowest BCUT2D eigenvalue weighted by Gasteiger charge is -2.10. The predicted octanol–water partition coefficient (Wildman–Crippen LogP) is 3.65. The van der Waals surface area contributed by atoms with Crippen molar-refractivity contribution in [1.29, 1.82) is 0 Å². The zero-order chi connectivity index (χ0) is 15.2. The van der Waals surface area contributed by atoms with Crippen LogP contribution in [0.3, 0.4) is 0 Å². The Morgan fingerprint density at radius 3 is 2.71 bits per heavy atom. The highest BCUT2D eigenvalue weighted by molar-refractivity contribution is 7.98. The van der Waals surface area contributed by atoms with Gasteiger partial charge >= 0.3 is 0 Å². The number of benzene rings is 1. The lowest BCUT2D eigenvalue weighted by Crippen LogP contribution is -2.06. The molecule has 1 aromatic carbocycles. The Hall–Kier alpha value is -1.01. The molecule has 0 aliphatic heterocycles. The molecule has 0 aliphatic rings. The van der Waals surface area contributed by atoms with E-state index in [4.69, 9.17) is 28.3 Å². The van der Waals surface area contributed by atoms with Crippen molar-refractivity contribution in [2.75, 3.05) is 18.2 Å². The molecule has 0 unspecified atom stereocenters. The van der Waals surface area contributed by atoms with Crippen molar-refractivity contribution in [3.8, 4) is 0 Å². The monoisotopic (exact) mass is 343 g/mol. The average Bonchev–Trinajstić information content (AvgIpc) is 2.46. The SMILES string of the molecule is CSc1nc(CCO)cc(NCc2ccc(Cl)cc2Cl)n1. The molecule has 112 valence electrons. The van der Waals surface area contributed by atoms with E-state index in [-0.39, 0.29) is 6.61 Å². The fraction of sp³-hybridized carbons (Fsp3) is 0.286. The minimum atomic E-state index is 0.0628. The standard InChI is InChI=1S/C14H15Cl2N3OS/c1-21-14-18-11(4-5-20)7-13(19-14)17-8-9-2-3-10(15)6-12(9)16/h2-3,6-7,20H,4-5,8H2,1H3,(H,17,18,19). The maximum Gasteiger partial charge on any atom is 0.189 e. The lowest BCUT2D eigenvalue weighted by molar-refractivity contribution is 0.298. The van der Waals surface area contributed by atoms with Crippen molar-refractivity contribution in [3.63, 3.8) is 0 Å². The maximum atomic E-state index is 9.03. The van der Waals surface area contributed by atoms with E-state index in [2.05, 4.69) is 15.3 Å². The lowest BCUT2D eigenvalue weighted by atomic mass is 10.2. The number of nitrogens with one attached hydrogen (secondary N) is 1. The first-order valence-electron chi connectivity index (χ1n) is 6.33. The summed E-state index contributed by atoms with van der Waals surface area (Å²) in [7, 11) is 0. The van der Waals surface area contributed by atoms with E-state index in [0.717, 1.165) is 11.3 Å². The van der Waals surface area contributed by atoms with Crippen LogP contribution in [0, 0.1) is 0 Å². The number of aliphatic hydroxyl groups excluding tert-OH is 1. The maximum absolute atomic E-state index is 9.03. The largest absolute Gasteiger partial charge is 0.396 e. The number of thioether (sulfide) groups is 1. The molecule has 2 rings (SSSR count). The van der Waals surface area contributed by atoms with Gasteiger partial charge in [-0.2, -0.15) is 0 Å². The summed E-state index contributed by atoms with van der Waals surface area (Å²) in [5.74, 6) is 0.712. The van der Waals surface area contributed by atoms with Gasteiger partial charge in [-0.3, -0.25) is 0 Å². The molecule has 0 amide bonds. The second-order valence-electron chi connectivity index (χ2n) is 4.29. The molecule has 21 heavy (non-hydrogen) atoms. The third-order valence-corrected chi connectivity index (χ3v) is 3.92. The molecule has 1 heterocycles. The van der Waals surface area contributed by atoms with Crippen LogP contribution in [0.15, 0.2) is 29.4 Å². The highest BCUT2D eigenvalue weighted by Gasteiger charge is 2.06. The summed E-state index contributed by atoms with van der Waals surface area (Å²) in [5.41, 5.74) is 1.75. The minimum Gasteiger partial charge on any atom is -0.396 e. The molecule has 0 radical (unpaired) electrons. The third kappa shape index (κ3) is 4.74. The molecule has 0 fully saturated rings. The van der Waals surface area contributed by atoms with Crippen LogP contribution < -0.4 is 5.32 Å². The molecule has 0 atom stereocenters. The molecular formula is C14H15Cl2N3OS. The van der Waals surface area contributed by atoms with Gasteiger partial charge in [0.2, 0.25) is 0 Å². The quantitative estimate of drug-likeness (QED) is 0.619. The second-order valence-corrected chi connectivity index (χ2v) is 5.91. The number of halogens is 2. The normalized spacial score (nSPS) is 10.7. The average molecular weight is 344 g/mol. The number of aliphatic hydroxyl groups is 1. The third-order valence-electron chi connectivity index (χ3n) is 2.78. The number of hydrogen-bond donors (Lipinski definition) is 2. The van der Waals surface area contributed by atoms with E-state index >= 15 is 0 Å². The van der Waals surface area contributed by atoms with E-state index in [1.54, 1.807) is 12.1 Å². The summed E-state index contributed by atoms with van der Waals surface area (Å²) in [6.45, 7) is 0.604. The van der Waals surface area contributed by atoms with Crippen LogP contribution in [0.25, 0.3) is 0 Å². The van der Waals surface area contributed by atoms with Crippen LogP contribution in [0.1, 0.15) is 11.3 Å². The van der Waals surface area contributed by atoms with Gasteiger partial charge in [0.25, 0.3) is 0 Å². The van der Waals surface area contributed by atoms with Gasteiger partial charge in [-0.05, 0) is 24.0 Å². The molecule has 4 nitrogen and oxygen atoms in total. The highest BCUT2D eigenvalue weighted by Crippen LogP contribution is 2.22. The Balaban J connectivity index is 2.13. The highest BCUT2D eigenvalue weighted by atomic mass is 35.5. The Kier molecular flexibility index (Phi) is 6.11. The number of rotatable bonds is 6. The van der Waals surface area contributed by atoms with Crippen molar-refractivity contribution in [3.05, 3.63) is 45.6 Å². The van der Waals surface area contributed by atoms with Gasteiger partial charge in [0.1, 0.15) is 5.82 Å². The van der Waals surface area contributed by atoms with Crippen LogP contribution in [0.5, 0.6) is 0 Å². The molecule has 2 aromatic rings. The van der Waals surface area contributed by atoms with Gasteiger partial charge in [-0.15, -0.1) is 0 Å². The molecule has 0 saturated heterocycles. The van der Waals surface area contributed by atoms with E-state index in [9.17, 15) is 0 Å². The van der Waals surface area contributed by atoms with Gasteiger partial charge in [0.15, 0.2) is 5.16 Å². The summed E-state index contributed by atoms with van der Waals surface area (Å²) < 4.78 is 0. The Labute approximate surface area is 137 Å². The van der Waals surface area contributed by atoms with Crippen LogP contribution in [-0.2, 0) is 13.0 Å². The van der Waals surface area contributed by atoms with Crippen molar-refractivity contribution >= 4 is 40.8 Å². The molecule has 0 bridgehead atoms. The summed E-state index contributed by atoms with van der Waals surface area (Å²) in [6, 6.07) is 7.22. The number of nitrogens with zero attached hydrogens (tertiary/aromatic N) is 2. The zero-order valence-corrected chi connectivity index (χ0v) is 13.8. The molecule has 0 spiro atoms. The number of aromatic nitrogens is 2. The smallest absolute Gasteiger partial charge is 0.189 e. The van der Waals surface area contributed by atoms with Gasteiger partial charge in [0, 0.05) is 41.4 Å². The topological polar surface area (TPSA) is 58.0 Å². The van der Waals surface area contributed by atoms with Gasteiger partial charge in [-0.1, -0.05) is 41.0 Å². The summed E-state index contributed by atoms with van der Waals surface area (Å²) >= 11 is 13.5. The Morgan fingerprint density at radius 1 is 1.24 bits per heavy atom.